The SMILES string of the molecule is Cc1nccnc1C(=O)N[C@@H](C)c1cc2cccc(-c3cccnc3)c2c(=O)n1-c1ccccc1. The number of amides is 1. The van der Waals surface area contributed by atoms with Crippen LogP contribution in [-0.4, -0.2) is 25.4 Å². The third-order valence-corrected chi connectivity index (χ3v) is 5.95. The third kappa shape index (κ3) is 4.19. The maximum Gasteiger partial charge on any atom is 0.272 e. The van der Waals surface area contributed by atoms with Crippen LogP contribution >= 0.6 is 0 Å². The summed E-state index contributed by atoms with van der Waals surface area (Å²) >= 11 is 0. The first-order valence-electron chi connectivity index (χ1n) is 11.3. The lowest BCUT2D eigenvalue weighted by atomic mass is 9.99. The topological polar surface area (TPSA) is 89.8 Å². The van der Waals surface area contributed by atoms with E-state index in [0.29, 0.717) is 22.5 Å². The summed E-state index contributed by atoms with van der Waals surface area (Å²) in [5.41, 5.74) is 3.68. The Morgan fingerprint density at radius 1 is 0.943 bits per heavy atom. The summed E-state index contributed by atoms with van der Waals surface area (Å²) in [6, 6.07) is 20.5. The predicted octanol–water partition coefficient (Wildman–Crippen LogP) is 4.64. The van der Waals surface area contributed by atoms with Crippen LogP contribution in [0.5, 0.6) is 0 Å². The number of carbonyl (C=O) groups excluding carboxylic acids is 1. The molecule has 7 nitrogen and oxygen atoms in total. The molecule has 0 radical (unpaired) electrons. The van der Waals surface area contributed by atoms with E-state index >= 15 is 0 Å². The average molecular weight is 462 g/mol. The molecule has 3 aromatic heterocycles. The molecular weight excluding hydrogens is 438 g/mol. The molecule has 0 aliphatic rings. The molecule has 0 unspecified atom stereocenters. The number of nitrogens with one attached hydrogen (secondary N) is 1. The highest BCUT2D eigenvalue weighted by Gasteiger charge is 2.21. The Balaban J connectivity index is 1.70. The monoisotopic (exact) mass is 461 g/mol. The molecule has 7 heteroatoms. The van der Waals surface area contributed by atoms with E-state index < -0.39 is 6.04 Å². The van der Waals surface area contributed by atoms with Gasteiger partial charge < -0.3 is 5.32 Å². The number of aromatic nitrogens is 4. The fourth-order valence-corrected chi connectivity index (χ4v) is 4.28. The number of para-hydroxylation sites is 1. The third-order valence-electron chi connectivity index (χ3n) is 5.95. The largest absolute Gasteiger partial charge is 0.343 e. The predicted molar refractivity (Wildman–Crippen MR) is 135 cm³/mol. The fraction of sp³-hybridized carbons (Fsp3) is 0.107. The van der Waals surface area contributed by atoms with Crippen LogP contribution in [0.15, 0.2) is 96.3 Å². The van der Waals surface area contributed by atoms with Crippen molar-refractivity contribution in [3.8, 4) is 16.8 Å². The van der Waals surface area contributed by atoms with Crippen LogP contribution in [0.3, 0.4) is 0 Å². The lowest BCUT2D eigenvalue weighted by Gasteiger charge is -2.21. The first kappa shape index (κ1) is 22.2. The van der Waals surface area contributed by atoms with Gasteiger partial charge in [-0.2, -0.15) is 0 Å². The number of benzene rings is 2. The summed E-state index contributed by atoms with van der Waals surface area (Å²) in [7, 11) is 0. The Morgan fingerprint density at radius 3 is 2.49 bits per heavy atom. The summed E-state index contributed by atoms with van der Waals surface area (Å²) in [6.07, 6.45) is 6.49. The molecule has 1 amide bonds. The van der Waals surface area contributed by atoms with Gasteiger partial charge in [0.15, 0.2) is 0 Å². The Kier molecular flexibility index (Phi) is 5.89. The van der Waals surface area contributed by atoms with Gasteiger partial charge in [-0.25, -0.2) is 4.98 Å². The summed E-state index contributed by atoms with van der Waals surface area (Å²) in [5, 5.41) is 4.37. The Bertz CT molecular complexity index is 1580. The van der Waals surface area contributed by atoms with E-state index in [-0.39, 0.29) is 17.2 Å². The van der Waals surface area contributed by atoms with Gasteiger partial charge in [0.2, 0.25) is 0 Å². The van der Waals surface area contributed by atoms with E-state index in [1.807, 2.05) is 73.7 Å². The second-order valence-corrected chi connectivity index (χ2v) is 8.24. The van der Waals surface area contributed by atoms with Crippen molar-refractivity contribution in [3.63, 3.8) is 0 Å². The van der Waals surface area contributed by atoms with Crippen LogP contribution in [0.2, 0.25) is 0 Å². The van der Waals surface area contributed by atoms with Gasteiger partial charge in [-0.05, 0) is 49.1 Å². The minimum atomic E-state index is -0.483. The molecule has 0 saturated heterocycles. The number of pyridine rings is 2. The molecule has 35 heavy (non-hydrogen) atoms. The zero-order valence-electron chi connectivity index (χ0n) is 19.3. The normalized spacial score (nSPS) is 11.8. The minimum Gasteiger partial charge on any atom is -0.343 e. The van der Waals surface area contributed by atoms with Crippen LogP contribution in [-0.2, 0) is 0 Å². The van der Waals surface area contributed by atoms with Crippen LogP contribution < -0.4 is 10.9 Å². The van der Waals surface area contributed by atoms with Gasteiger partial charge in [0.1, 0.15) is 5.69 Å². The van der Waals surface area contributed by atoms with Gasteiger partial charge in [-0.3, -0.25) is 24.1 Å². The van der Waals surface area contributed by atoms with Gasteiger partial charge in [0.05, 0.1) is 17.1 Å². The molecule has 5 aromatic rings. The van der Waals surface area contributed by atoms with Gasteiger partial charge in [-0.1, -0.05) is 42.5 Å². The number of rotatable bonds is 5. The molecular formula is C28H23N5O2. The molecule has 0 bridgehead atoms. The Hall–Kier alpha value is -4.65. The number of fused-ring (bicyclic) bond motifs is 1. The van der Waals surface area contributed by atoms with E-state index in [4.69, 9.17) is 0 Å². The van der Waals surface area contributed by atoms with Crippen molar-refractivity contribution in [1.29, 1.82) is 0 Å². The quantitative estimate of drug-likeness (QED) is 0.412. The van der Waals surface area contributed by atoms with E-state index in [0.717, 1.165) is 16.5 Å². The summed E-state index contributed by atoms with van der Waals surface area (Å²) in [6.45, 7) is 3.59. The highest BCUT2D eigenvalue weighted by Crippen LogP contribution is 2.29. The summed E-state index contributed by atoms with van der Waals surface area (Å²) in [5.74, 6) is -0.348. The highest BCUT2D eigenvalue weighted by molar-refractivity contribution is 5.97. The van der Waals surface area contributed by atoms with Crippen LogP contribution in [0.1, 0.15) is 34.8 Å². The number of nitrogens with zero attached hydrogens (tertiary/aromatic N) is 4. The zero-order valence-corrected chi connectivity index (χ0v) is 19.3. The Morgan fingerprint density at radius 2 is 1.74 bits per heavy atom. The molecule has 0 fully saturated rings. The van der Waals surface area contributed by atoms with Gasteiger partial charge in [0, 0.05) is 41.7 Å². The first-order chi connectivity index (χ1) is 17.0. The number of hydrogen-bond acceptors (Lipinski definition) is 5. The van der Waals surface area contributed by atoms with Gasteiger partial charge in [-0.15, -0.1) is 0 Å². The smallest absolute Gasteiger partial charge is 0.272 e. The molecule has 1 atom stereocenters. The second kappa shape index (κ2) is 9.30. The maximum absolute atomic E-state index is 14.1. The molecule has 0 aliphatic carbocycles. The maximum atomic E-state index is 14.1. The van der Waals surface area contributed by atoms with Crippen LogP contribution in [0.4, 0.5) is 0 Å². The van der Waals surface area contributed by atoms with Crippen molar-refractivity contribution in [2.75, 3.05) is 0 Å². The van der Waals surface area contributed by atoms with Crippen molar-refractivity contribution in [1.82, 2.24) is 24.8 Å². The lowest BCUT2D eigenvalue weighted by Crippen LogP contribution is -2.33. The van der Waals surface area contributed by atoms with E-state index in [1.165, 1.54) is 6.20 Å². The number of hydrogen-bond donors (Lipinski definition) is 1. The van der Waals surface area contributed by atoms with Crippen molar-refractivity contribution in [2.24, 2.45) is 0 Å². The molecule has 3 heterocycles. The standard InChI is InChI=1S/C28H23N5O2/c1-18(32-27(34)26-19(2)30-14-15-31-26)24-16-20-8-6-12-23(21-9-7-13-29-17-21)25(20)28(35)33(24)22-10-4-3-5-11-22/h3-18H,1-2H3,(H,32,34)/t18-/m0/s1. The van der Waals surface area contributed by atoms with Gasteiger partial charge in [0.25, 0.3) is 11.5 Å². The molecule has 2 aromatic carbocycles. The highest BCUT2D eigenvalue weighted by atomic mass is 16.2. The molecule has 0 saturated carbocycles. The second-order valence-electron chi connectivity index (χ2n) is 8.24. The van der Waals surface area contributed by atoms with E-state index in [1.54, 1.807) is 30.1 Å². The number of carbonyl (C=O) groups is 1. The lowest BCUT2D eigenvalue weighted by molar-refractivity contribution is 0.0932. The molecule has 5 rings (SSSR count). The van der Waals surface area contributed by atoms with Crippen LogP contribution in [0.25, 0.3) is 27.6 Å². The van der Waals surface area contributed by atoms with Crippen molar-refractivity contribution in [2.45, 2.75) is 19.9 Å². The van der Waals surface area contributed by atoms with Crippen molar-refractivity contribution >= 4 is 16.7 Å². The minimum absolute atomic E-state index is 0.167. The van der Waals surface area contributed by atoms with Crippen LogP contribution in [0, 0.1) is 6.92 Å². The van der Waals surface area contributed by atoms with E-state index in [2.05, 4.69) is 20.3 Å². The van der Waals surface area contributed by atoms with Gasteiger partial charge >= 0.3 is 0 Å². The molecule has 1 N–H and O–H groups in total. The fourth-order valence-electron chi connectivity index (χ4n) is 4.28. The number of aryl methyl sites for hydroxylation is 1. The molecule has 0 aliphatic heterocycles. The van der Waals surface area contributed by atoms with Crippen molar-refractivity contribution in [3.05, 3.63) is 119 Å². The first-order valence-corrected chi connectivity index (χ1v) is 11.3. The Labute approximate surface area is 202 Å². The summed E-state index contributed by atoms with van der Waals surface area (Å²) < 4.78 is 1.66. The average Bonchev–Trinajstić information content (AvgIpc) is 2.89. The summed E-state index contributed by atoms with van der Waals surface area (Å²) in [4.78, 5) is 39.6. The molecule has 172 valence electrons. The molecule has 0 spiro atoms. The zero-order chi connectivity index (χ0) is 24.4. The van der Waals surface area contributed by atoms with E-state index in [9.17, 15) is 9.59 Å². The van der Waals surface area contributed by atoms with Crippen molar-refractivity contribution < 1.29 is 4.79 Å².